The first-order valence-electron chi connectivity index (χ1n) is 6.22. The van der Waals surface area contributed by atoms with Crippen LogP contribution in [0.2, 0.25) is 0 Å². The maximum absolute atomic E-state index is 9.87. The highest BCUT2D eigenvalue weighted by molar-refractivity contribution is 5.21. The summed E-state index contributed by atoms with van der Waals surface area (Å²) in [5, 5.41) is 18.8. The summed E-state index contributed by atoms with van der Waals surface area (Å²) >= 11 is 0. The van der Waals surface area contributed by atoms with Crippen molar-refractivity contribution in [3.05, 3.63) is 35.4 Å². The van der Waals surface area contributed by atoms with E-state index in [0.29, 0.717) is 0 Å². The lowest BCUT2D eigenvalue weighted by atomic mass is 9.93. The summed E-state index contributed by atoms with van der Waals surface area (Å²) in [6.07, 6.45) is 1.70. The summed E-state index contributed by atoms with van der Waals surface area (Å²) in [6, 6.07) is 8.07. The predicted molar refractivity (Wildman–Crippen MR) is 67.5 cm³/mol. The van der Waals surface area contributed by atoms with Crippen molar-refractivity contribution in [2.45, 2.75) is 38.5 Å². The van der Waals surface area contributed by atoms with Gasteiger partial charge >= 0.3 is 0 Å². The highest BCUT2D eigenvalue weighted by Gasteiger charge is 2.26. The molecule has 1 aliphatic rings. The van der Waals surface area contributed by atoms with E-state index in [9.17, 15) is 5.11 Å². The van der Waals surface area contributed by atoms with E-state index in [-0.39, 0.29) is 6.61 Å². The molecule has 0 amide bonds. The first-order chi connectivity index (χ1) is 8.09. The van der Waals surface area contributed by atoms with Crippen LogP contribution in [0.1, 0.15) is 30.9 Å². The largest absolute Gasteiger partial charge is 0.392 e. The van der Waals surface area contributed by atoms with Gasteiger partial charge in [-0.1, -0.05) is 24.3 Å². The SMILES string of the molecule is CC1(O)CCN(Cc2ccc(CO)cc2)CC1. The minimum absolute atomic E-state index is 0.104. The number of hydrogen-bond acceptors (Lipinski definition) is 3. The molecule has 1 aliphatic heterocycles. The highest BCUT2D eigenvalue weighted by atomic mass is 16.3. The molecule has 1 heterocycles. The Morgan fingerprint density at radius 3 is 2.18 bits per heavy atom. The van der Waals surface area contributed by atoms with Crippen LogP contribution in [0.25, 0.3) is 0 Å². The van der Waals surface area contributed by atoms with Gasteiger partial charge in [-0.3, -0.25) is 4.90 Å². The van der Waals surface area contributed by atoms with Gasteiger partial charge in [0, 0.05) is 19.6 Å². The van der Waals surface area contributed by atoms with Gasteiger partial charge in [0.15, 0.2) is 0 Å². The van der Waals surface area contributed by atoms with Crippen molar-refractivity contribution in [1.29, 1.82) is 0 Å². The fraction of sp³-hybridized carbons (Fsp3) is 0.571. The molecule has 94 valence electrons. The molecule has 1 fully saturated rings. The topological polar surface area (TPSA) is 43.7 Å². The third kappa shape index (κ3) is 3.53. The zero-order chi connectivity index (χ0) is 12.3. The van der Waals surface area contributed by atoms with Crippen molar-refractivity contribution in [2.24, 2.45) is 0 Å². The maximum Gasteiger partial charge on any atom is 0.0681 e. The van der Waals surface area contributed by atoms with Crippen molar-refractivity contribution in [1.82, 2.24) is 4.90 Å². The summed E-state index contributed by atoms with van der Waals surface area (Å²) in [5.41, 5.74) is 1.75. The summed E-state index contributed by atoms with van der Waals surface area (Å²) in [7, 11) is 0. The van der Waals surface area contributed by atoms with Crippen LogP contribution in [0, 0.1) is 0 Å². The molecule has 0 unspecified atom stereocenters. The molecule has 1 aromatic carbocycles. The Morgan fingerprint density at radius 1 is 1.12 bits per heavy atom. The van der Waals surface area contributed by atoms with Gasteiger partial charge in [-0.2, -0.15) is 0 Å². The number of piperidine rings is 1. The van der Waals surface area contributed by atoms with E-state index in [0.717, 1.165) is 38.0 Å². The van der Waals surface area contributed by atoms with Crippen molar-refractivity contribution in [2.75, 3.05) is 13.1 Å². The van der Waals surface area contributed by atoms with E-state index in [1.807, 2.05) is 19.1 Å². The molecule has 0 spiro atoms. The molecule has 0 aliphatic carbocycles. The standard InChI is InChI=1S/C14H21NO2/c1-14(17)6-8-15(9-7-14)10-12-2-4-13(11-16)5-3-12/h2-5,16-17H,6-11H2,1H3. The Balaban J connectivity index is 1.89. The summed E-state index contributed by atoms with van der Waals surface area (Å²) in [6.45, 7) is 4.86. The van der Waals surface area contributed by atoms with Crippen LogP contribution in [-0.4, -0.2) is 33.8 Å². The predicted octanol–water partition coefficient (Wildman–Crippen LogP) is 1.53. The highest BCUT2D eigenvalue weighted by Crippen LogP contribution is 2.22. The Kier molecular flexibility index (Phi) is 3.82. The van der Waals surface area contributed by atoms with E-state index >= 15 is 0 Å². The van der Waals surface area contributed by atoms with Gasteiger partial charge in [0.1, 0.15) is 0 Å². The third-order valence-corrected chi connectivity index (χ3v) is 3.54. The Morgan fingerprint density at radius 2 is 1.65 bits per heavy atom. The van der Waals surface area contributed by atoms with Crippen molar-refractivity contribution in [3.8, 4) is 0 Å². The number of rotatable bonds is 3. The number of likely N-dealkylation sites (tertiary alicyclic amines) is 1. The zero-order valence-electron chi connectivity index (χ0n) is 10.4. The molecular weight excluding hydrogens is 214 g/mol. The average molecular weight is 235 g/mol. The molecule has 17 heavy (non-hydrogen) atoms. The third-order valence-electron chi connectivity index (χ3n) is 3.54. The van der Waals surface area contributed by atoms with Gasteiger partial charge in [0.2, 0.25) is 0 Å². The van der Waals surface area contributed by atoms with Gasteiger partial charge in [-0.15, -0.1) is 0 Å². The minimum atomic E-state index is -0.475. The molecule has 2 rings (SSSR count). The molecule has 0 radical (unpaired) electrons. The fourth-order valence-corrected chi connectivity index (χ4v) is 2.20. The lowest BCUT2D eigenvalue weighted by molar-refractivity contribution is -0.00730. The Labute approximate surface area is 103 Å². The molecule has 1 saturated heterocycles. The van der Waals surface area contributed by atoms with Crippen molar-refractivity contribution in [3.63, 3.8) is 0 Å². The van der Waals surface area contributed by atoms with E-state index in [1.54, 1.807) is 0 Å². The minimum Gasteiger partial charge on any atom is -0.392 e. The monoisotopic (exact) mass is 235 g/mol. The van der Waals surface area contributed by atoms with Gasteiger partial charge in [0.05, 0.1) is 12.2 Å². The second-order valence-electron chi connectivity index (χ2n) is 5.25. The number of aliphatic hydroxyl groups excluding tert-OH is 1. The van der Waals surface area contributed by atoms with E-state index in [4.69, 9.17) is 5.11 Å². The van der Waals surface area contributed by atoms with Gasteiger partial charge < -0.3 is 10.2 Å². The normalized spacial score (nSPS) is 20.4. The molecule has 0 aromatic heterocycles. The summed E-state index contributed by atoms with van der Waals surface area (Å²) in [4.78, 5) is 2.37. The van der Waals surface area contributed by atoms with Gasteiger partial charge in [-0.05, 0) is 30.9 Å². The molecule has 3 heteroatoms. The molecule has 0 saturated carbocycles. The molecule has 2 N–H and O–H groups in total. The van der Waals surface area contributed by atoms with Gasteiger partial charge in [0.25, 0.3) is 0 Å². The molecule has 3 nitrogen and oxygen atoms in total. The molecule has 0 atom stereocenters. The Bertz CT molecular complexity index is 349. The second-order valence-corrected chi connectivity index (χ2v) is 5.25. The first-order valence-corrected chi connectivity index (χ1v) is 6.22. The fourth-order valence-electron chi connectivity index (χ4n) is 2.20. The van der Waals surface area contributed by atoms with Crippen LogP contribution < -0.4 is 0 Å². The molecule has 0 bridgehead atoms. The quantitative estimate of drug-likeness (QED) is 0.835. The first kappa shape index (κ1) is 12.6. The number of hydrogen-bond donors (Lipinski definition) is 2. The van der Waals surface area contributed by atoms with E-state index in [1.165, 1.54) is 5.56 Å². The number of benzene rings is 1. The van der Waals surface area contributed by atoms with Gasteiger partial charge in [-0.25, -0.2) is 0 Å². The van der Waals surface area contributed by atoms with Crippen LogP contribution in [-0.2, 0) is 13.2 Å². The lowest BCUT2D eigenvalue weighted by Gasteiger charge is -2.35. The smallest absolute Gasteiger partial charge is 0.0681 e. The number of aliphatic hydroxyl groups is 2. The van der Waals surface area contributed by atoms with Crippen LogP contribution in [0.15, 0.2) is 24.3 Å². The lowest BCUT2D eigenvalue weighted by Crippen LogP contribution is -2.41. The Hall–Kier alpha value is -0.900. The average Bonchev–Trinajstić information content (AvgIpc) is 2.33. The molecule has 1 aromatic rings. The van der Waals surface area contributed by atoms with Crippen LogP contribution >= 0.6 is 0 Å². The van der Waals surface area contributed by atoms with E-state index < -0.39 is 5.60 Å². The summed E-state index contributed by atoms with van der Waals surface area (Å²) in [5.74, 6) is 0. The van der Waals surface area contributed by atoms with Crippen LogP contribution in [0.5, 0.6) is 0 Å². The number of nitrogens with zero attached hydrogens (tertiary/aromatic N) is 1. The zero-order valence-corrected chi connectivity index (χ0v) is 10.4. The summed E-state index contributed by atoms with van der Waals surface area (Å²) < 4.78 is 0. The van der Waals surface area contributed by atoms with Crippen LogP contribution in [0.3, 0.4) is 0 Å². The maximum atomic E-state index is 9.87. The van der Waals surface area contributed by atoms with E-state index in [2.05, 4.69) is 17.0 Å². The van der Waals surface area contributed by atoms with Crippen molar-refractivity contribution >= 4 is 0 Å². The van der Waals surface area contributed by atoms with Crippen LogP contribution in [0.4, 0.5) is 0 Å². The molecular formula is C14H21NO2. The second kappa shape index (κ2) is 5.17. The van der Waals surface area contributed by atoms with Crippen molar-refractivity contribution < 1.29 is 10.2 Å².